The maximum Gasteiger partial charge on any atom is 0.290 e. The molecule has 0 radical (unpaired) electrons. The van der Waals surface area contributed by atoms with E-state index in [1.807, 2.05) is 24.3 Å². The van der Waals surface area contributed by atoms with Crippen LogP contribution in [0.2, 0.25) is 0 Å². The van der Waals surface area contributed by atoms with Gasteiger partial charge in [0.15, 0.2) is 0 Å². The lowest BCUT2D eigenvalue weighted by molar-refractivity contribution is -0.115. The van der Waals surface area contributed by atoms with Crippen molar-refractivity contribution in [1.29, 1.82) is 0 Å². The summed E-state index contributed by atoms with van der Waals surface area (Å²) in [5.41, 5.74) is 3.66. The Hall–Kier alpha value is -2.53. The summed E-state index contributed by atoms with van der Waals surface area (Å²) in [6.45, 7) is 0.671. The molecule has 1 N–H and O–H groups in total. The molecule has 0 saturated carbocycles. The van der Waals surface area contributed by atoms with Crippen molar-refractivity contribution in [3.05, 3.63) is 70.1 Å². The van der Waals surface area contributed by atoms with Gasteiger partial charge in [0.05, 0.1) is 11.5 Å². The van der Waals surface area contributed by atoms with E-state index < -0.39 is 0 Å². The second-order valence-corrected chi connectivity index (χ2v) is 6.85. The standard InChI is InChI=1S/C19H15NO3S/c21-18-17(24-19(22)20-18)9-12-5-7-15(8-6-12)23-11-14-10-13-3-1-2-4-16(13)14/h1-9,14H,10-11H2,(H,20,21,22)/b17-9-. The molecule has 1 fully saturated rings. The summed E-state index contributed by atoms with van der Waals surface area (Å²) in [5, 5.41) is 1.92. The average molecular weight is 337 g/mol. The molecule has 4 nitrogen and oxygen atoms in total. The first-order chi connectivity index (χ1) is 11.7. The van der Waals surface area contributed by atoms with Crippen LogP contribution < -0.4 is 10.1 Å². The van der Waals surface area contributed by atoms with Crippen LogP contribution in [0.3, 0.4) is 0 Å². The zero-order chi connectivity index (χ0) is 16.5. The Kier molecular flexibility index (Phi) is 3.86. The highest BCUT2D eigenvalue weighted by atomic mass is 32.2. The fourth-order valence-electron chi connectivity index (χ4n) is 2.94. The van der Waals surface area contributed by atoms with E-state index in [9.17, 15) is 9.59 Å². The van der Waals surface area contributed by atoms with E-state index in [1.54, 1.807) is 6.08 Å². The molecule has 0 bridgehead atoms. The summed E-state index contributed by atoms with van der Waals surface area (Å²) in [4.78, 5) is 23.1. The van der Waals surface area contributed by atoms with Gasteiger partial charge in [-0.25, -0.2) is 0 Å². The largest absolute Gasteiger partial charge is 0.493 e. The van der Waals surface area contributed by atoms with Gasteiger partial charge >= 0.3 is 0 Å². The van der Waals surface area contributed by atoms with E-state index in [4.69, 9.17) is 4.74 Å². The summed E-state index contributed by atoms with van der Waals surface area (Å²) in [7, 11) is 0. The highest BCUT2D eigenvalue weighted by molar-refractivity contribution is 8.18. The van der Waals surface area contributed by atoms with Gasteiger partial charge in [-0.05, 0) is 53.1 Å². The molecule has 1 heterocycles. The van der Waals surface area contributed by atoms with Crippen molar-refractivity contribution in [2.45, 2.75) is 12.3 Å². The molecule has 1 unspecified atom stereocenters. The van der Waals surface area contributed by atoms with Crippen molar-refractivity contribution in [2.24, 2.45) is 0 Å². The second-order valence-electron chi connectivity index (χ2n) is 5.83. The zero-order valence-corrected chi connectivity index (χ0v) is 13.6. The Morgan fingerprint density at radius 1 is 1.12 bits per heavy atom. The smallest absolute Gasteiger partial charge is 0.290 e. The lowest BCUT2D eigenvalue weighted by Crippen LogP contribution is -2.23. The Labute approximate surface area is 143 Å². The number of ether oxygens (including phenoxy) is 1. The summed E-state index contributed by atoms with van der Waals surface area (Å²) < 4.78 is 5.87. The maximum absolute atomic E-state index is 11.5. The topological polar surface area (TPSA) is 55.4 Å². The predicted molar refractivity (Wildman–Crippen MR) is 93.9 cm³/mol. The number of fused-ring (bicyclic) bond motifs is 1. The van der Waals surface area contributed by atoms with Crippen LogP contribution in [0.5, 0.6) is 5.75 Å². The second kappa shape index (κ2) is 6.17. The van der Waals surface area contributed by atoms with E-state index in [2.05, 4.69) is 29.6 Å². The number of hydrogen-bond acceptors (Lipinski definition) is 4. The van der Waals surface area contributed by atoms with Crippen LogP contribution in [0.25, 0.3) is 6.08 Å². The molecule has 2 aliphatic rings. The molecule has 24 heavy (non-hydrogen) atoms. The first-order valence-corrected chi connectivity index (χ1v) is 8.56. The lowest BCUT2D eigenvalue weighted by Gasteiger charge is -2.29. The van der Waals surface area contributed by atoms with Gasteiger partial charge in [-0.2, -0.15) is 0 Å². The fourth-order valence-corrected chi connectivity index (χ4v) is 3.62. The van der Waals surface area contributed by atoms with Gasteiger partial charge in [0.1, 0.15) is 5.75 Å². The normalized spacial score (nSPS) is 20.5. The number of thioether (sulfide) groups is 1. The third-order valence-corrected chi connectivity index (χ3v) is 5.04. The molecule has 2 amide bonds. The number of benzene rings is 2. The van der Waals surface area contributed by atoms with Crippen LogP contribution >= 0.6 is 11.8 Å². The van der Waals surface area contributed by atoms with Gasteiger partial charge in [-0.15, -0.1) is 0 Å². The van der Waals surface area contributed by atoms with E-state index in [-0.39, 0.29) is 11.1 Å². The summed E-state index contributed by atoms with van der Waals surface area (Å²) in [6.07, 6.45) is 2.78. The summed E-state index contributed by atoms with van der Waals surface area (Å²) >= 11 is 0.921. The maximum atomic E-state index is 11.5. The predicted octanol–water partition coefficient (Wildman–Crippen LogP) is 3.73. The summed E-state index contributed by atoms with van der Waals surface area (Å²) in [6, 6.07) is 16.0. The molecule has 1 atom stereocenters. The molecule has 0 aromatic heterocycles. The average Bonchev–Trinajstić information content (AvgIpc) is 2.87. The van der Waals surface area contributed by atoms with Crippen molar-refractivity contribution in [1.82, 2.24) is 5.32 Å². The minimum atomic E-state index is -0.339. The van der Waals surface area contributed by atoms with Gasteiger partial charge in [-0.3, -0.25) is 14.9 Å². The Bertz CT molecular complexity index is 842. The van der Waals surface area contributed by atoms with Crippen LogP contribution in [0, 0.1) is 0 Å². The molecule has 0 spiro atoms. The molecule has 2 aromatic rings. The number of hydrogen-bond donors (Lipinski definition) is 1. The van der Waals surface area contributed by atoms with Crippen LogP contribution in [-0.2, 0) is 11.2 Å². The zero-order valence-electron chi connectivity index (χ0n) is 12.8. The van der Waals surface area contributed by atoms with Crippen molar-refractivity contribution >= 4 is 29.0 Å². The highest BCUT2D eigenvalue weighted by Crippen LogP contribution is 2.35. The first kappa shape index (κ1) is 15.0. The Morgan fingerprint density at radius 2 is 1.92 bits per heavy atom. The van der Waals surface area contributed by atoms with Crippen LogP contribution in [0.1, 0.15) is 22.6 Å². The van der Waals surface area contributed by atoms with Crippen LogP contribution in [0.15, 0.2) is 53.4 Å². The number of amides is 2. The highest BCUT2D eigenvalue weighted by Gasteiger charge is 2.26. The third-order valence-electron chi connectivity index (χ3n) is 4.23. The molecule has 5 heteroatoms. The first-order valence-electron chi connectivity index (χ1n) is 7.74. The number of carbonyl (C=O) groups is 2. The number of rotatable bonds is 4. The Balaban J connectivity index is 1.38. The lowest BCUT2D eigenvalue weighted by atomic mass is 9.78. The third kappa shape index (κ3) is 2.95. The Morgan fingerprint density at radius 3 is 2.62 bits per heavy atom. The molecule has 1 saturated heterocycles. The fraction of sp³-hybridized carbons (Fsp3) is 0.158. The number of imide groups is 1. The van der Waals surface area contributed by atoms with Crippen LogP contribution in [-0.4, -0.2) is 17.8 Å². The molecule has 1 aliphatic carbocycles. The molecule has 4 rings (SSSR count). The quantitative estimate of drug-likeness (QED) is 0.864. The van der Waals surface area contributed by atoms with Gasteiger partial charge < -0.3 is 4.74 Å². The molecule has 2 aromatic carbocycles. The van der Waals surface area contributed by atoms with Gasteiger partial charge in [-0.1, -0.05) is 36.4 Å². The summed E-state index contributed by atoms with van der Waals surface area (Å²) in [5.74, 6) is 0.933. The SMILES string of the molecule is O=C1NC(=O)/C(=C/c2ccc(OCC3Cc4ccccc43)cc2)S1. The van der Waals surface area contributed by atoms with E-state index in [0.29, 0.717) is 17.4 Å². The van der Waals surface area contributed by atoms with Crippen LogP contribution in [0.4, 0.5) is 4.79 Å². The monoisotopic (exact) mass is 337 g/mol. The molecular formula is C19H15NO3S. The van der Waals surface area contributed by atoms with E-state index in [1.165, 1.54) is 11.1 Å². The van der Waals surface area contributed by atoms with Gasteiger partial charge in [0.25, 0.3) is 11.1 Å². The minimum Gasteiger partial charge on any atom is -0.493 e. The van der Waals surface area contributed by atoms with E-state index in [0.717, 1.165) is 29.5 Å². The number of carbonyl (C=O) groups excluding carboxylic acids is 2. The van der Waals surface area contributed by atoms with Crippen molar-refractivity contribution < 1.29 is 14.3 Å². The molecular weight excluding hydrogens is 322 g/mol. The molecule has 1 aliphatic heterocycles. The number of nitrogens with one attached hydrogen (secondary N) is 1. The van der Waals surface area contributed by atoms with Crippen molar-refractivity contribution in [2.75, 3.05) is 6.61 Å². The van der Waals surface area contributed by atoms with E-state index >= 15 is 0 Å². The molecule has 120 valence electrons. The van der Waals surface area contributed by atoms with Crippen molar-refractivity contribution in [3.8, 4) is 5.75 Å². The van der Waals surface area contributed by atoms with Gasteiger partial charge in [0.2, 0.25) is 0 Å². The van der Waals surface area contributed by atoms with Crippen molar-refractivity contribution in [3.63, 3.8) is 0 Å². The minimum absolute atomic E-state index is 0.327. The van der Waals surface area contributed by atoms with Gasteiger partial charge in [0, 0.05) is 5.92 Å².